The molecule has 10 heterocycles. The van der Waals surface area contributed by atoms with E-state index in [0.29, 0.717) is 0 Å². The Morgan fingerprint density at radius 3 is 1.05 bits per heavy atom. The monoisotopic (exact) mass is 2140 g/mol. The molecule has 10 aliphatic heterocycles. The molecule has 10 fully saturated rings. The van der Waals surface area contributed by atoms with Gasteiger partial charge < -0.3 is 290 Å². The fourth-order valence-corrected chi connectivity index (χ4v) is 18.5. The van der Waals surface area contributed by atoms with Gasteiger partial charge in [-0.1, -0.05) is 0 Å². The Bertz CT molecular complexity index is 4110. The molecule has 55 atom stereocenters. The van der Waals surface area contributed by atoms with E-state index >= 15 is 0 Å². The molecule has 0 radical (unpaired) electrons. The average molecular weight is 2140 g/mol. The molecule has 0 bridgehead atoms. The molecule has 10 aliphatic rings. The van der Waals surface area contributed by atoms with Crippen LogP contribution in [0.5, 0.6) is 0 Å². The fraction of sp³-hybridized carbons (Fsp3) is 0.914. The summed E-state index contributed by atoms with van der Waals surface area (Å²) in [7, 11) is 0. The number of carbonyl (C=O) groups is 7. The van der Waals surface area contributed by atoms with Crippen molar-refractivity contribution >= 4 is 41.4 Å². The van der Waals surface area contributed by atoms with Crippen LogP contribution in [0.2, 0.25) is 0 Å². The van der Waals surface area contributed by atoms with E-state index in [1.165, 1.54) is 0 Å². The van der Waals surface area contributed by atoms with E-state index < -0.39 is 464 Å². The van der Waals surface area contributed by atoms with E-state index in [0.717, 1.165) is 41.5 Å². The summed E-state index contributed by atoms with van der Waals surface area (Å²) in [5.41, 5.74) is 0. The summed E-state index contributed by atoms with van der Waals surface area (Å²) in [6.07, 6.45) is -113. The minimum Gasteiger partial charge on any atom is -0.477 e. The first-order valence-electron chi connectivity index (χ1n) is 46.2. The maximum Gasteiger partial charge on any atom is 0.364 e. The van der Waals surface area contributed by atoms with Crippen molar-refractivity contribution in [1.29, 1.82) is 0 Å². The lowest BCUT2D eigenvalue weighted by Gasteiger charge is -2.52. The zero-order valence-electron chi connectivity index (χ0n) is 78.7. The van der Waals surface area contributed by atoms with Gasteiger partial charge in [0.1, 0.15) is 256 Å². The molecule has 0 aromatic rings. The third-order valence-corrected chi connectivity index (χ3v) is 26.0. The minimum absolute atomic E-state index is 0.829. The van der Waals surface area contributed by atoms with Crippen LogP contribution in [0.3, 0.4) is 0 Å². The summed E-state index contributed by atoms with van der Waals surface area (Å²) in [5, 5.41) is 376. The van der Waals surface area contributed by atoms with Gasteiger partial charge in [-0.05, 0) is 0 Å². The van der Waals surface area contributed by atoms with Gasteiger partial charge in [-0.25, -0.2) is 4.79 Å². The number of amides is 6. The Kier molecular flexibility index (Phi) is 45.1. The van der Waals surface area contributed by atoms with E-state index in [2.05, 4.69) is 31.9 Å². The van der Waals surface area contributed by atoms with E-state index in [1.807, 2.05) is 0 Å². The van der Waals surface area contributed by atoms with Crippen molar-refractivity contribution in [3.05, 3.63) is 0 Å². The molecule has 10 rings (SSSR count). The van der Waals surface area contributed by atoms with Gasteiger partial charge in [0.15, 0.2) is 56.6 Å². The lowest BCUT2D eigenvalue weighted by Crippen LogP contribution is -2.71. The van der Waals surface area contributed by atoms with Gasteiger partial charge in [0, 0.05) is 48.0 Å². The predicted octanol–water partition coefficient (Wildman–Crippen LogP) is -25.3. The van der Waals surface area contributed by atoms with Gasteiger partial charge in [0.25, 0.3) is 5.79 Å². The number of aliphatic carboxylic acids is 1. The van der Waals surface area contributed by atoms with Gasteiger partial charge in [0.05, 0.1) is 97.5 Å². The highest BCUT2D eigenvalue weighted by Gasteiger charge is 2.65. The normalized spacial score (nSPS) is 44.7. The molecule has 844 valence electrons. The number of aliphatic hydroxyl groups excluding tert-OH is 31. The maximum atomic E-state index is 13.5. The fourth-order valence-electron chi connectivity index (χ4n) is 18.5. The topological polar surface area (TPSA) is 1020 Å². The van der Waals surface area contributed by atoms with Gasteiger partial charge in [0.2, 0.25) is 35.4 Å². The van der Waals surface area contributed by atoms with Crippen LogP contribution in [0.1, 0.15) is 48.0 Å². The summed E-state index contributed by atoms with van der Waals surface area (Å²) in [6, 6.07) is -12.1. The van der Waals surface area contributed by atoms with Gasteiger partial charge in [-0.3, -0.25) is 28.8 Å². The average Bonchev–Trinajstić information content (AvgIpc) is 0.754. The van der Waals surface area contributed by atoms with Crippen LogP contribution in [0.25, 0.3) is 0 Å². The minimum atomic E-state index is -3.37. The first-order chi connectivity index (χ1) is 68.9. The molecule has 0 saturated carbocycles. The second kappa shape index (κ2) is 53.9. The van der Waals surface area contributed by atoms with Crippen LogP contribution < -0.4 is 31.9 Å². The first-order valence-corrected chi connectivity index (χ1v) is 46.2. The Labute approximate surface area is 826 Å². The van der Waals surface area contributed by atoms with Crippen molar-refractivity contribution in [2.24, 2.45) is 0 Å². The zero-order chi connectivity index (χ0) is 108. The highest BCUT2D eigenvalue weighted by atomic mass is 16.8. The number of carboxylic acid groups (broad SMARTS) is 1. The Morgan fingerprint density at radius 2 is 0.637 bits per heavy atom. The van der Waals surface area contributed by atoms with E-state index in [1.54, 1.807) is 0 Å². The predicted molar refractivity (Wildman–Crippen MR) is 451 cm³/mol. The highest BCUT2D eigenvalue weighted by molar-refractivity contribution is 5.77. The molecule has 0 aromatic heterocycles. The Balaban J connectivity index is 1.07. The van der Waals surface area contributed by atoms with Crippen LogP contribution in [0.15, 0.2) is 0 Å². The number of nitrogens with one attached hydrogen (secondary N) is 6. The summed E-state index contributed by atoms with van der Waals surface area (Å²) in [6.45, 7) is -9.99. The number of carbonyl (C=O) groups excluding carboxylic acids is 6. The third kappa shape index (κ3) is 27.8. The van der Waals surface area contributed by atoms with Crippen molar-refractivity contribution in [2.45, 2.75) is 385 Å². The molecule has 0 unspecified atom stereocenters. The van der Waals surface area contributed by atoms with E-state index in [9.17, 15) is 197 Å². The summed E-state index contributed by atoms with van der Waals surface area (Å²) in [4.78, 5) is 91.3. The first kappa shape index (κ1) is 122. The quantitative estimate of drug-likeness (QED) is 0.0269. The van der Waals surface area contributed by atoms with Crippen LogP contribution in [0, 0.1) is 0 Å². The molecular formula is C81H136N6O59. The number of carboxylic acids is 1. The third-order valence-electron chi connectivity index (χ3n) is 26.0. The van der Waals surface area contributed by atoms with Gasteiger partial charge in [-0.15, -0.1) is 0 Å². The Morgan fingerprint density at radius 1 is 0.308 bits per heavy atom. The van der Waals surface area contributed by atoms with Crippen LogP contribution in [-0.4, -0.2) is 621 Å². The highest BCUT2D eigenvalue weighted by Crippen LogP contribution is 2.44. The number of ether oxygens (including phenoxy) is 20. The van der Waals surface area contributed by atoms with Crippen molar-refractivity contribution < 1.29 is 292 Å². The molecule has 6 amide bonds. The zero-order valence-corrected chi connectivity index (χ0v) is 78.7. The van der Waals surface area contributed by atoms with Crippen molar-refractivity contribution in [1.82, 2.24) is 31.9 Å². The molecule has 65 nitrogen and oxygen atoms in total. The SMILES string of the molecule is CC(=O)N[C@H]1[C@H](O[C@@H]([C@H](O)[C@H](CO)NC(C)=O)[C@H](O)CO)O[C@H](CO)[C@@H](O[C@@H]2O[C@H](CO[C@H]3O[C@H](CO)[C@@H](O)[C@H](O)[C@@H]3O[C@@H]3O[C@H](CO)[C@@H](O[C@@H]4O[C@H](CO)[C@H](O)[C@H](O[C@]5(C(=O)O)C[C@H](O)[C@@H](NC(C)=O)[C@H]([C@H](O)[C@H](O)CO)O5)[C@H]4O)[C@H](O)[C@H]3NC(C)=O)[C@@H](O[C@@H]3O[C@H](CO)[C@@H](O)[C@H](O)[C@H]3NC(C)=O)[C@H](O[C@H]3O[C@H](CO)[C@@H](O)[C@H](O)[C@@H]3O[C@@H]3O[C@H](CO)[C@@H](O[C@@H]4O[C@H](CO)[C@H](O)[C@H](O)[C@H]4O)[C@H](O)[C@H]3NC(C)=O)[C@@H]2O)[C@@H]1O. The standard InChI is InChI=1S/C81H136N6O59/c1-20(99)82-26(8-88)44(108)61(29(107)10-90)137-72-41(85-23(4)102)52(116)64(36(17-97)133-72)140-77-60(124)68(142-79-70(57(121)49(113)33(14-94)132-79)144-74-43(87-25(6)104)53(117)62(35(16-96)135-74)138-75-58(122)55(119)47(111)31(12-92)129-75)65(141-71-40(84-22(3)101)51(115)46(110)30(11-91)128-71)38(136-77)19-127-78-69(56(120)48(112)32(13-93)131-78)143-73-42(86-24(5)103)54(118)63(37(18-98)134-73)139-76-59(123)67(50(114)34(15-95)130-76)146-81(80(125)126)7-27(105)39(83-21(2)100)66(145-81)45(109)28(106)9-89/h26-79,88-98,105-124H,7-19H2,1-6H3,(H,82,99)(H,83,100)(H,84,101)(H,85,102)(H,86,103)(H,87,104)(H,125,126)/t26-,27-,28+,29+,30+,31+,32+,33+,34+,35+,36+,37+,38+,39+,40+,41+,42+,43+,44+,45+,46+,47-,48+,49+,50-,51+,52+,53+,54+,55-,56-,57-,58+,59+,60-,61+,62+,63+,64+,65+,66+,67-,68+,69-,70-,71-,72-,73-,74-,75-,76-,77-,78-,79+,81-/m0/s1. The largest absolute Gasteiger partial charge is 0.477 e. The lowest BCUT2D eigenvalue weighted by molar-refractivity contribution is -0.408. The van der Waals surface area contributed by atoms with E-state index in [-0.39, 0.29) is 0 Å². The summed E-state index contributed by atoms with van der Waals surface area (Å²) in [5.74, 6) is -11.7. The number of hydrogen-bond donors (Lipinski definition) is 38. The smallest absolute Gasteiger partial charge is 0.364 e. The second-order valence-electron chi connectivity index (χ2n) is 36.4. The summed E-state index contributed by atoms with van der Waals surface area (Å²) < 4.78 is 122. The van der Waals surface area contributed by atoms with Crippen molar-refractivity contribution in [3.8, 4) is 0 Å². The van der Waals surface area contributed by atoms with Crippen LogP contribution >= 0.6 is 0 Å². The van der Waals surface area contributed by atoms with Crippen molar-refractivity contribution in [2.75, 3.05) is 79.3 Å². The van der Waals surface area contributed by atoms with Gasteiger partial charge >= 0.3 is 5.97 Å². The Hall–Kier alpha value is -5.75. The molecule has 0 spiro atoms. The molecular weight excluding hydrogens is 2000 g/mol. The molecule has 0 aromatic carbocycles. The van der Waals surface area contributed by atoms with Crippen LogP contribution in [-0.2, 0) is 128 Å². The number of rotatable bonds is 44. The maximum absolute atomic E-state index is 13.5. The van der Waals surface area contributed by atoms with Crippen LogP contribution in [0.4, 0.5) is 0 Å². The van der Waals surface area contributed by atoms with E-state index in [4.69, 9.17) is 94.7 Å². The molecule has 65 heteroatoms. The molecule has 0 aliphatic carbocycles. The van der Waals surface area contributed by atoms with Crippen molar-refractivity contribution in [3.63, 3.8) is 0 Å². The summed E-state index contributed by atoms with van der Waals surface area (Å²) >= 11 is 0. The second-order valence-corrected chi connectivity index (χ2v) is 36.4. The lowest BCUT2D eigenvalue weighted by atomic mass is 9.88. The molecule has 38 N–H and O–H groups in total. The molecule has 146 heavy (non-hydrogen) atoms. The molecule has 10 saturated heterocycles. The number of aliphatic hydroxyl groups is 31. The number of hydrogen-bond acceptors (Lipinski definition) is 58. The van der Waals surface area contributed by atoms with Gasteiger partial charge in [-0.2, -0.15) is 0 Å².